The third kappa shape index (κ3) is 22.7. The largest absolute Gasteiger partial charge is 0.494 e. The van der Waals surface area contributed by atoms with Crippen molar-refractivity contribution in [3.05, 3.63) is 65.2 Å². The number of rotatable bonds is 16. The minimum atomic E-state index is -0.151. The third-order valence-corrected chi connectivity index (χ3v) is 7.28. The molecule has 51 heavy (non-hydrogen) atoms. The van der Waals surface area contributed by atoms with E-state index in [4.69, 9.17) is 27.5 Å². The SMILES string of the molecule is C#CC#CC#CC#CC#CC#CC#CC#CC#CC#CC#COCCCCCCCCCCCCOc1ccc(C(Cl)c2ccc(C)cc2)cc1. The number of unbranched alkanes of at least 4 members (excludes halogenated alkanes) is 9. The number of alkyl halides is 1. The van der Waals surface area contributed by atoms with Crippen LogP contribution >= 0.6 is 11.6 Å². The van der Waals surface area contributed by atoms with Crippen LogP contribution in [0.5, 0.6) is 5.75 Å². The lowest BCUT2D eigenvalue weighted by Gasteiger charge is -2.12. The first-order valence-electron chi connectivity index (χ1n) is 16.7. The summed E-state index contributed by atoms with van der Waals surface area (Å²) in [6.45, 7) is 3.44. The fraction of sp³-hybridized carbons (Fsp3) is 0.292. The lowest BCUT2D eigenvalue weighted by Crippen LogP contribution is -1.98. The van der Waals surface area contributed by atoms with Gasteiger partial charge in [-0.15, -0.1) is 18.0 Å². The molecule has 2 aromatic rings. The van der Waals surface area contributed by atoms with Crippen LogP contribution in [0, 0.1) is 138 Å². The second kappa shape index (κ2) is 29.6. The van der Waals surface area contributed by atoms with Gasteiger partial charge in [0.15, 0.2) is 0 Å². The second-order valence-electron chi connectivity index (χ2n) is 10.7. The van der Waals surface area contributed by atoms with Crippen molar-refractivity contribution in [1.82, 2.24) is 0 Å². The van der Waals surface area contributed by atoms with Crippen molar-refractivity contribution in [3.63, 3.8) is 0 Å². The molecule has 0 fully saturated rings. The summed E-state index contributed by atoms with van der Waals surface area (Å²) in [5.74, 6) is 51.0. The molecule has 2 aromatic carbocycles. The molecule has 3 heteroatoms. The molecule has 0 aliphatic rings. The van der Waals surface area contributed by atoms with Crippen LogP contribution in [0.15, 0.2) is 48.5 Å². The van der Waals surface area contributed by atoms with Crippen molar-refractivity contribution in [2.24, 2.45) is 0 Å². The molecule has 0 N–H and O–H groups in total. The van der Waals surface area contributed by atoms with Crippen LogP contribution in [0.1, 0.15) is 86.3 Å². The highest BCUT2D eigenvalue weighted by atomic mass is 35.5. The Hall–Kier alpha value is -6.51. The molecule has 0 saturated heterocycles. The Morgan fingerprint density at radius 2 is 0.824 bits per heavy atom. The fourth-order valence-electron chi connectivity index (χ4n) is 4.22. The van der Waals surface area contributed by atoms with E-state index in [9.17, 15) is 0 Å². The van der Waals surface area contributed by atoms with Gasteiger partial charge in [-0.1, -0.05) is 93.3 Å². The molecule has 0 heterocycles. The second-order valence-corrected chi connectivity index (χ2v) is 11.1. The van der Waals surface area contributed by atoms with E-state index in [2.05, 4.69) is 168 Å². The predicted octanol–water partition coefficient (Wildman–Crippen LogP) is 8.24. The van der Waals surface area contributed by atoms with Gasteiger partial charge < -0.3 is 9.47 Å². The number of hydrogen-bond donors (Lipinski definition) is 0. The summed E-state index contributed by atoms with van der Waals surface area (Å²) in [6.07, 6.45) is 19.5. The van der Waals surface area contributed by atoms with Crippen LogP contribution < -0.4 is 4.74 Å². The molecule has 1 atom stereocenters. The molecule has 248 valence electrons. The molecule has 0 aromatic heterocycles. The Labute approximate surface area is 311 Å². The zero-order chi connectivity index (χ0) is 36.3. The van der Waals surface area contributed by atoms with E-state index >= 15 is 0 Å². The van der Waals surface area contributed by atoms with Crippen LogP contribution in [0.3, 0.4) is 0 Å². The third-order valence-electron chi connectivity index (χ3n) is 6.77. The molecule has 0 bridgehead atoms. The predicted molar refractivity (Wildman–Crippen MR) is 210 cm³/mol. The Balaban J connectivity index is 1.41. The first kappa shape index (κ1) is 40.7. The average Bonchev–Trinajstić information content (AvgIpc) is 3.15. The van der Waals surface area contributed by atoms with Gasteiger partial charge in [-0.05, 0) is 90.4 Å². The molecule has 0 amide bonds. The first-order valence-corrected chi connectivity index (χ1v) is 17.1. The Kier molecular flexibility index (Phi) is 23.6. The Morgan fingerprint density at radius 3 is 1.25 bits per heavy atom. The van der Waals surface area contributed by atoms with Crippen LogP contribution in [0.25, 0.3) is 0 Å². The van der Waals surface area contributed by atoms with Crippen molar-refractivity contribution in [2.75, 3.05) is 13.2 Å². The summed E-state index contributed by atoms with van der Waals surface area (Å²) in [4.78, 5) is 0. The minimum absolute atomic E-state index is 0.151. The maximum absolute atomic E-state index is 6.66. The number of halogens is 1. The summed E-state index contributed by atoms with van der Waals surface area (Å²) in [5, 5.41) is -0.151. The van der Waals surface area contributed by atoms with Crippen molar-refractivity contribution in [1.29, 1.82) is 0 Å². The minimum Gasteiger partial charge on any atom is -0.494 e. The van der Waals surface area contributed by atoms with Gasteiger partial charge in [-0.25, -0.2) is 0 Å². The van der Waals surface area contributed by atoms with Crippen molar-refractivity contribution >= 4 is 11.6 Å². The summed E-state index contributed by atoms with van der Waals surface area (Å²) in [5.41, 5.74) is 3.42. The van der Waals surface area contributed by atoms with E-state index in [0.29, 0.717) is 6.61 Å². The van der Waals surface area contributed by atoms with Crippen LogP contribution in [0.4, 0.5) is 0 Å². The van der Waals surface area contributed by atoms with E-state index in [1.54, 1.807) is 0 Å². The molecular weight excluding hydrogens is 644 g/mol. The van der Waals surface area contributed by atoms with Gasteiger partial charge in [-0.2, -0.15) is 0 Å². The van der Waals surface area contributed by atoms with E-state index in [-0.39, 0.29) is 5.38 Å². The highest BCUT2D eigenvalue weighted by molar-refractivity contribution is 6.22. The van der Waals surface area contributed by atoms with E-state index < -0.39 is 0 Å². The maximum atomic E-state index is 6.66. The summed E-state index contributed by atoms with van der Waals surface area (Å²) in [7, 11) is 0. The number of ether oxygens (including phenoxy) is 2. The number of terminal acetylenes is 1. The van der Waals surface area contributed by atoms with Crippen LogP contribution in [-0.4, -0.2) is 13.2 Å². The summed E-state index contributed by atoms with van der Waals surface area (Å²) < 4.78 is 11.2. The van der Waals surface area contributed by atoms with Gasteiger partial charge in [-0.3, -0.25) is 0 Å². The lowest BCUT2D eigenvalue weighted by atomic mass is 10.0. The molecule has 0 aliphatic heterocycles. The van der Waals surface area contributed by atoms with Crippen LogP contribution in [0.2, 0.25) is 0 Å². The molecule has 2 rings (SSSR count). The van der Waals surface area contributed by atoms with Gasteiger partial charge in [0, 0.05) is 71.0 Å². The number of benzene rings is 2. The normalized spacial score (nSPS) is 8.65. The highest BCUT2D eigenvalue weighted by Crippen LogP contribution is 2.30. The summed E-state index contributed by atoms with van der Waals surface area (Å²) >= 11 is 6.66. The van der Waals surface area contributed by atoms with Crippen molar-refractivity contribution < 1.29 is 9.47 Å². The molecule has 2 nitrogen and oxygen atoms in total. The van der Waals surface area contributed by atoms with Gasteiger partial charge >= 0.3 is 0 Å². The molecule has 1 unspecified atom stereocenters. The van der Waals surface area contributed by atoms with Gasteiger partial charge in [0.1, 0.15) is 18.5 Å². The Morgan fingerprint density at radius 1 is 0.471 bits per heavy atom. The van der Waals surface area contributed by atoms with Gasteiger partial charge in [0.25, 0.3) is 0 Å². The zero-order valence-electron chi connectivity index (χ0n) is 29.0. The molecule has 0 saturated carbocycles. The quantitative estimate of drug-likeness (QED) is 0.101. The van der Waals surface area contributed by atoms with Crippen molar-refractivity contribution in [2.45, 2.75) is 76.5 Å². The molecule has 0 aliphatic carbocycles. The van der Waals surface area contributed by atoms with Gasteiger partial charge in [0.2, 0.25) is 0 Å². The highest BCUT2D eigenvalue weighted by Gasteiger charge is 2.10. The molecule has 0 radical (unpaired) electrons. The van der Waals surface area contributed by atoms with Crippen LogP contribution in [-0.2, 0) is 4.74 Å². The number of hydrogen-bond acceptors (Lipinski definition) is 2. The van der Waals surface area contributed by atoms with E-state index in [0.717, 1.165) is 42.7 Å². The van der Waals surface area contributed by atoms with E-state index in [1.165, 1.54) is 50.5 Å². The first-order chi connectivity index (χ1) is 25.2. The topological polar surface area (TPSA) is 18.5 Å². The van der Waals surface area contributed by atoms with Gasteiger partial charge in [0.05, 0.1) is 12.0 Å². The average molecular weight is 681 g/mol. The number of aryl methyl sites for hydroxylation is 1. The van der Waals surface area contributed by atoms with Crippen molar-refractivity contribution in [3.8, 4) is 137 Å². The standard InChI is InChI=1S/C48H37ClO2/c1-3-4-5-6-7-8-9-10-11-12-13-14-15-16-17-18-21-24-27-30-41-50-42-31-28-25-22-19-20-23-26-29-32-43-51-47-39-37-46(38-40-47)48(49)45-35-33-44(2)34-36-45/h1,33-40,48H,19-20,22-23,25-26,28-29,31-32,42-43H2,2H3. The Bertz CT molecular complexity index is 2080. The molecule has 0 spiro atoms. The lowest BCUT2D eigenvalue weighted by molar-refractivity contribution is 0.267. The summed E-state index contributed by atoms with van der Waals surface area (Å²) in [6, 6.07) is 16.5. The maximum Gasteiger partial charge on any atom is 0.124 e. The zero-order valence-corrected chi connectivity index (χ0v) is 29.7. The van der Waals surface area contributed by atoms with E-state index in [1.807, 2.05) is 12.1 Å². The molecular formula is C48H37ClO2. The monoisotopic (exact) mass is 680 g/mol. The smallest absolute Gasteiger partial charge is 0.124 e. The fourth-order valence-corrected chi connectivity index (χ4v) is 4.51.